The summed E-state index contributed by atoms with van der Waals surface area (Å²) in [5.74, 6) is 0.440. The smallest absolute Gasteiger partial charge is 0.188 e. The Morgan fingerprint density at radius 3 is 3.15 bits per heavy atom. The average Bonchev–Trinajstić information content (AvgIpc) is 2.07. The third-order valence-corrected chi connectivity index (χ3v) is 2.18. The Morgan fingerprint density at radius 2 is 2.38 bits per heavy atom. The zero-order valence-corrected chi connectivity index (χ0v) is 7.89. The summed E-state index contributed by atoms with van der Waals surface area (Å²) >= 11 is 5.90. The molecular formula is C9H8ClNO2. The van der Waals surface area contributed by atoms with Gasteiger partial charge < -0.3 is 4.74 Å². The van der Waals surface area contributed by atoms with E-state index >= 15 is 0 Å². The quantitative estimate of drug-likeness (QED) is 0.639. The number of aromatic nitrogens is 1. The van der Waals surface area contributed by atoms with Gasteiger partial charge in [0.2, 0.25) is 0 Å². The van der Waals surface area contributed by atoms with Crippen molar-refractivity contribution in [3.8, 4) is 5.75 Å². The number of carbonyl (C=O) groups excluding carboxylic acids is 1. The van der Waals surface area contributed by atoms with Crippen LogP contribution in [0.4, 0.5) is 0 Å². The van der Waals surface area contributed by atoms with E-state index in [1.807, 2.05) is 0 Å². The molecule has 0 saturated carbocycles. The Labute approximate surface area is 80.7 Å². The third kappa shape index (κ3) is 1.40. The van der Waals surface area contributed by atoms with Gasteiger partial charge in [-0.2, -0.15) is 0 Å². The molecule has 3 nitrogen and oxygen atoms in total. The Hall–Kier alpha value is -1.09. The van der Waals surface area contributed by atoms with Gasteiger partial charge in [0, 0.05) is 12.1 Å². The van der Waals surface area contributed by atoms with E-state index in [-0.39, 0.29) is 5.78 Å². The Balaban J connectivity index is 2.63. The highest BCUT2D eigenvalue weighted by Gasteiger charge is 2.22. The van der Waals surface area contributed by atoms with Crippen LogP contribution in [0, 0.1) is 6.92 Å². The van der Waals surface area contributed by atoms with Gasteiger partial charge in [-0.05, 0) is 13.0 Å². The molecule has 2 rings (SSSR count). The van der Waals surface area contributed by atoms with Gasteiger partial charge in [-0.25, -0.2) is 4.98 Å². The van der Waals surface area contributed by atoms with Crippen molar-refractivity contribution in [2.75, 3.05) is 6.61 Å². The van der Waals surface area contributed by atoms with Crippen LogP contribution in [0.15, 0.2) is 6.07 Å². The van der Waals surface area contributed by atoms with Crippen LogP contribution in [0.5, 0.6) is 5.75 Å². The molecule has 0 atom stereocenters. The number of fused-ring (bicyclic) bond motifs is 1. The molecule has 1 aromatic heterocycles. The Kier molecular flexibility index (Phi) is 1.96. The molecule has 13 heavy (non-hydrogen) atoms. The van der Waals surface area contributed by atoms with E-state index in [9.17, 15) is 4.79 Å². The van der Waals surface area contributed by atoms with Crippen molar-refractivity contribution in [1.82, 2.24) is 4.98 Å². The second-order valence-corrected chi connectivity index (χ2v) is 3.35. The SMILES string of the molecule is Cc1cc(Cl)c2c(n1)C(=O)CCO2. The number of nitrogens with zero attached hydrogens (tertiary/aromatic N) is 1. The molecule has 0 spiro atoms. The lowest BCUT2D eigenvalue weighted by molar-refractivity contribution is 0.0926. The van der Waals surface area contributed by atoms with Crippen LogP contribution in [0.1, 0.15) is 22.6 Å². The summed E-state index contributed by atoms with van der Waals surface area (Å²) in [5.41, 5.74) is 1.11. The largest absolute Gasteiger partial charge is 0.489 e. The third-order valence-electron chi connectivity index (χ3n) is 1.90. The van der Waals surface area contributed by atoms with Crippen molar-refractivity contribution in [3.05, 3.63) is 22.5 Å². The van der Waals surface area contributed by atoms with Crippen molar-refractivity contribution >= 4 is 17.4 Å². The summed E-state index contributed by atoms with van der Waals surface area (Å²) in [6.07, 6.45) is 0.389. The van der Waals surface area contributed by atoms with Gasteiger partial charge in [-0.1, -0.05) is 11.6 Å². The average molecular weight is 198 g/mol. The molecule has 0 aromatic carbocycles. The first-order valence-corrected chi connectivity index (χ1v) is 4.39. The summed E-state index contributed by atoms with van der Waals surface area (Å²) in [5, 5.41) is 0.468. The number of ether oxygens (including phenoxy) is 1. The molecule has 2 heterocycles. The highest BCUT2D eigenvalue weighted by molar-refractivity contribution is 6.32. The van der Waals surface area contributed by atoms with E-state index in [1.165, 1.54) is 0 Å². The van der Waals surface area contributed by atoms with Gasteiger partial charge in [0.1, 0.15) is 5.69 Å². The molecule has 1 aliphatic rings. The first kappa shape index (κ1) is 8.51. The molecule has 0 aliphatic carbocycles. The lowest BCUT2D eigenvalue weighted by Gasteiger charge is -2.16. The highest BCUT2D eigenvalue weighted by atomic mass is 35.5. The van der Waals surface area contributed by atoms with E-state index in [0.717, 1.165) is 5.69 Å². The number of halogens is 1. The first-order chi connectivity index (χ1) is 6.18. The predicted octanol–water partition coefficient (Wildman–Crippen LogP) is 2.01. The zero-order chi connectivity index (χ0) is 9.42. The molecule has 1 aliphatic heterocycles. The highest BCUT2D eigenvalue weighted by Crippen LogP contribution is 2.31. The van der Waals surface area contributed by atoms with Crippen LogP contribution in [-0.2, 0) is 0 Å². The number of ketones is 1. The van der Waals surface area contributed by atoms with Gasteiger partial charge in [-0.15, -0.1) is 0 Å². The van der Waals surface area contributed by atoms with E-state index in [2.05, 4.69) is 4.98 Å². The number of carbonyl (C=O) groups is 1. The number of aryl methyl sites for hydroxylation is 1. The molecule has 0 amide bonds. The van der Waals surface area contributed by atoms with E-state index in [4.69, 9.17) is 16.3 Å². The van der Waals surface area contributed by atoms with Crippen LogP contribution in [-0.4, -0.2) is 17.4 Å². The molecule has 0 N–H and O–H groups in total. The Morgan fingerprint density at radius 1 is 1.62 bits per heavy atom. The summed E-state index contributed by atoms with van der Waals surface area (Å²) < 4.78 is 5.26. The topological polar surface area (TPSA) is 39.2 Å². The van der Waals surface area contributed by atoms with Crippen LogP contribution >= 0.6 is 11.6 Å². The fourth-order valence-corrected chi connectivity index (χ4v) is 1.61. The first-order valence-electron chi connectivity index (χ1n) is 4.01. The van der Waals surface area contributed by atoms with Gasteiger partial charge in [-0.3, -0.25) is 4.79 Å². The molecule has 1 aromatic rings. The number of Topliss-reactive ketones (excluding diaryl/α,β-unsaturated/α-hetero) is 1. The summed E-state index contributed by atoms with van der Waals surface area (Å²) in [7, 11) is 0. The number of hydrogen-bond donors (Lipinski definition) is 0. The van der Waals surface area contributed by atoms with Crippen LogP contribution < -0.4 is 4.74 Å². The summed E-state index contributed by atoms with van der Waals surface area (Å²) in [4.78, 5) is 15.5. The number of hydrogen-bond acceptors (Lipinski definition) is 3. The normalized spacial score (nSPS) is 15.1. The molecule has 0 saturated heterocycles. The molecule has 0 unspecified atom stereocenters. The fourth-order valence-electron chi connectivity index (χ4n) is 1.31. The second kappa shape index (κ2) is 3.00. The van der Waals surface area contributed by atoms with Crippen LogP contribution in [0.2, 0.25) is 5.02 Å². The lowest BCUT2D eigenvalue weighted by atomic mass is 10.1. The molecule has 0 radical (unpaired) electrons. The Bertz CT molecular complexity index is 376. The fraction of sp³-hybridized carbons (Fsp3) is 0.333. The zero-order valence-electron chi connectivity index (χ0n) is 7.13. The minimum atomic E-state index is 0.00634. The summed E-state index contributed by atoms with van der Waals surface area (Å²) in [6, 6.07) is 1.69. The van der Waals surface area contributed by atoms with E-state index in [0.29, 0.717) is 29.5 Å². The van der Waals surface area contributed by atoms with Crippen LogP contribution in [0.25, 0.3) is 0 Å². The maximum absolute atomic E-state index is 11.4. The molecule has 68 valence electrons. The van der Waals surface area contributed by atoms with Gasteiger partial charge >= 0.3 is 0 Å². The summed E-state index contributed by atoms with van der Waals surface area (Å²) in [6.45, 7) is 2.20. The lowest BCUT2D eigenvalue weighted by Crippen LogP contribution is -2.17. The molecular weight excluding hydrogens is 190 g/mol. The van der Waals surface area contributed by atoms with Gasteiger partial charge in [0.25, 0.3) is 0 Å². The minimum absolute atomic E-state index is 0.00634. The van der Waals surface area contributed by atoms with Crippen LogP contribution in [0.3, 0.4) is 0 Å². The van der Waals surface area contributed by atoms with Crippen molar-refractivity contribution in [3.63, 3.8) is 0 Å². The van der Waals surface area contributed by atoms with Crippen molar-refractivity contribution in [2.45, 2.75) is 13.3 Å². The van der Waals surface area contributed by atoms with Crippen molar-refractivity contribution in [1.29, 1.82) is 0 Å². The van der Waals surface area contributed by atoms with Crippen molar-refractivity contribution < 1.29 is 9.53 Å². The molecule has 4 heteroatoms. The molecule has 0 fully saturated rings. The second-order valence-electron chi connectivity index (χ2n) is 2.94. The monoisotopic (exact) mass is 197 g/mol. The minimum Gasteiger partial charge on any atom is -0.489 e. The maximum Gasteiger partial charge on any atom is 0.188 e. The standard InChI is InChI=1S/C9H8ClNO2/c1-5-4-6(10)9-8(11-5)7(12)2-3-13-9/h4H,2-3H2,1H3. The van der Waals surface area contributed by atoms with Gasteiger partial charge in [0.15, 0.2) is 11.5 Å². The number of pyridine rings is 1. The maximum atomic E-state index is 11.4. The van der Waals surface area contributed by atoms with Crippen molar-refractivity contribution in [2.24, 2.45) is 0 Å². The molecule has 0 bridgehead atoms. The number of rotatable bonds is 0. The van der Waals surface area contributed by atoms with E-state index in [1.54, 1.807) is 13.0 Å². The van der Waals surface area contributed by atoms with Gasteiger partial charge in [0.05, 0.1) is 11.6 Å². The van der Waals surface area contributed by atoms with E-state index < -0.39 is 0 Å². The predicted molar refractivity (Wildman–Crippen MR) is 48.4 cm³/mol.